The quantitative estimate of drug-likeness (QED) is 0.604. The van der Waals surface area contributed by atoms with Gasteiger partial charge in [-0.2, -0.15) is 0 Å². The molecule has 1 N–H and O–H groups in total. The molecule has 106 valence electrons. The van der Waals surface area contributed by atoms with Crippen molar-refractivity contribution in [1.29, 1.82) is 0 Å². The third-order valence-corrected chi connectivity index (χ3v) is 3.00. The molecular weight excluding hydrogens is 264 g/mol. The molecule has 1 fully saturated rings. The third-order valence-electron chi connectivity index (χ3n) is 3.00. The van der Waals surface area contributed by atoms with Gasteiger partial charge in [0.25, 0.3) is 5.91 Å². The van der Waals surface area contributed by atoms with Gasteiger partial charge in [-0.3, -0.25) is 14.5 Å². The van der Waals surface area contributed by atoms with Crippen LogP contribution < -0.4 is 5.32 Å². The van der Waals surface area contributed by atoms with Gasteiger partial charge in [-0.1, -0.05) is 0 Å². The summed E-state index contributed by atoms with van der Waals surface area (Å²) < 4.78 is 4.52. The van der Waals surface area contributed by atoms with Crippen molar-refractivity contribution >= 4 is 23.6 Å². The van der Waals surface area contributed by atoms with Crippen LogP contribution in [0.4, 0.5) is 5.82 Å². The second-order valence-electron chi connectivity index (χ2n) is 4.28. The average Bonchev–Trinajstić information content (AvgIpc) is 2.47. The van der Waals surface area contributed by atoms with Gasteiger partial charge in [0.1, 0.15) is 11.9 Å². The number of likely N-dealkylation sites (N-methyl/N-ethyl adjacent to an activating group) is 1. The number of likely N-dealkylation sites (tertiary alicyclic amines) is 1. The summed E-state index contributed by atoms with van der Waals surface area (Å²) in [6.07, 6.45) is 2.07. The molecule has 1 aliphatic heterocycles. The number of anilines is 1. The van der Waals surface area contributed by atoms with Crippen molar-refractivity contribution in [2.45, 2.75) is 18.9 Å². The van der Waals surface area contributed by atoms with E-state index in [-0.39, 0.29) is 24.1 Å². The number of nitrogens with one attached hydrogen (secondary N) is 1. The van der Waals surface area contributed by atoms with Crippen molar-refractivity contribution in [2.24, 2.45) is 0 Å². The standard InChI is InChI=1S/C12H14N4O4/c1-16-9(17)4-3-7(11(16)18)14-8-5-6-13-10(15-8)12(19)20-2/h5-7H,3-4H2,1-2H3,(H,13,14,15). The normalized spacial score (nSPS) is 18.9. The largest absolute Gasteiger partial charge is 0.463 e. The van der Waals surface area contributed by atoms with Crippen LogP contribution in [0.25, 0.3) is 0 Å². The second kappa shape index (κ2) is 5.64. The van der Waals surface area contributed by atoms with Gasteiger partial charge >= 0.3 is 5.97 Å². The average molecular weight is 278 g/mol. The third kappa shape index (κ3) is 2.73. The summed E-state index contributed by atoms with van der Waals surface area (Å²) in [5.41, 5.74) is 0. The van der Waals surface area contributed by atoms with E-state index in [1.807, 2.05) is 0 Å². The van der Waals surface area contributed by atoms with Crippen LogP contribution in [0.5, 0.6) is 0 Å². The highest BCUT2D eigenvalue weighted by Crippen LogP contribution is 2.15. The number of hydrogen-bond acceptors (Lipinski definition) is 7. The fourth-order valence-electron chi connectivity index (χ4n) is 1.86. The van der Waals surface area contributed by atoms with E-state index < -0.39 is 12.0 Å². The van der Waals surface area contributed by atoms with Crippen LogP contribution in [0.3, 0.4) is 0 Å². The number of esters is 1. The molecule has 8 heteroatoms. The Bertz CT molecular complexity index is 560. The number of carbonyl (C=O) groups excluding carboxylic acids is 3. The summed E-state index contributed by atoms with van der Waals surface area (Å²) in [6, 6.07) is 0.994. The lowest BCUT2D eigenvalue weighted by molar-refractivity contribution is -0.146. The molecule has 0 saturated carbocycles. The number of methoxy groups -OCH3 is 1. The Morgan fingerprint density at radius 3 is 2.95 bits per heavy atom. The molecule has 1 saturated heterocycles. The molecule has 1 aliphatic rings. The first kappa shape index (κ1) is 13.9. The lowest BCUT2D eigenvalue weighted by Crippen LogP contribution is -2.48. The molecule has 2 amide bonds. The molecule has 2 rings (SSSR count). The summed E-state index contributed by atoms with van der Waals surface area (Å²) in [6.45, 7) is 0. The molecule has 0 aromatic carbocycles. The summed E-state index contributed by atoms with van der Waals surface area (Å²) in [4.78, 5) is 43.4. The lowest BCUT2D eigenvalue weighted by Gasteiger charge is -2.28. The van der Waals surface area contributed by atoms with Gasteiger partial charge in [0, 0.05) is 19.7 Å². The van der Waals surface area contributed by atoms with E-state index in [9.17, 15) is 14.4 Å². The lowest BCUT2D eigenvalue weighted by atomic mass is 10.0. The molecule has 1 unspecified atom stereocenters. The minimum atomic E-state index is -0.657. The van der Waals surface area contributed by atoms with Gasteiger partial charge in [0.15, 0.2) is 0 Å². The van der Waals surface area contributed by atoms with Crippen LogP contribution in [-0.2, 0) is 14.3 Å². The number of amides is 2. The van der Waals surface area contributed by atoms with Gasteiger partial charge in [0.2, 0.25) is 11.7 Å². The molecule has 1 atom stereocenters. The Labute approximate surface area is 115 Å². The summed E-state index contributed by atoms with van der Waals surface area (Å²) in [5.74, 6) is -0.937. The number of hydrogen-bond donors (Lipinski definition) is 1. The predicted octanol–water partition coefficient (Wildman–Crippen LogP) is -0.178. The molecule has 1 aromatic rings. The van der Waals surface area contributed by atoms with Crippen LogP contribution in [0, 0.1) is 0 Å². The van der Waals surface area contributed by atoms with Crippen LogP contribution in [-0.4, -0.2) is 52.9 Å². The number of carbonyl (C=O) groups is 3. The van der Waals surface area contributed by atoms with E-state index >= 15 is 0 Å². The predicted molar refractivity (Wildman–Crippen MR) is 67.8 cm³/mol. The zero-order valence-electron chi connectivity index (χ0n) is 11.1. The smallest absolute Gasteiger partial charge is 0.376 e. The summed E-state index contributed by atoms with van der Waals surface area (Å²) >= 11 is 0. The van der Waals surface area contributed by atoms with Crippen molar-refractivity contribution in [3.05, 3.63) is 18.1 Å². The molecule has 0 spiro atoms. The Morgan fingerprint density at radius 1 is 1.50 bits per heavy atom. The minimum absolute atomic E-state index is 0.0924. The molecule has 0 radical (unpaired) electrons. The molecule has 0 bridgehead atoms. The van der Waals surface area contributed by atoms with Crippen LogP contribution in [0.1, 0.15) is 23.5 Å². The van der Waals surface area contributed by atoms with Crippen molar-refractivity contribution in [3.63, 3.8) is 0 Å². The molecule has 20 heavy (non-hydrogen) atoms. The van der Waals surface area contributed by atoms with Crippen LogP contribution in [0.2, 0.25) is 0 Å². The fourth-order valence-corrected chi connectivity index (χ4v) is 1.86. The van der Waals surface area contributed by atoms with Crippen molar-refractivity contribution in [3.8, 4) is 0 Å². The van der Waals surface area contributed by atoms with E-state index in [2.05, 4.69) is 20.0 Å². The van der Waals surface area contributed by atoms with E-state index in [4.69, 9.17) is 0 Å². The molecule has 8 nitrogen and oxygen atoms in total. The van der Waals surface area contributed by atoms with Crippen LogP contribution >= 0.6 is 0 Å². The number of rotatable bonds is 3. The monoisotopic (exact) mass is 278 g/mol. The maximum absolute atomic E-state index is 11.9. The first-order valence-corrected chi connectivity index (χ1v) is 6.01. The molecule has 0 aliphatic carbocycles. The number of piperidine rings is 1. The first-order valence-electron chi connectivity index (χ1n) is 6.01. The summed E-state index contributed by atoms with van der Waals surface area (Å²) in [5, 5.41) is 2.90. The highest BCUT2D eigenvalue weighted by molar-refractivity contribution is 6.01. The number of imide groups is 1. The SMILES string of the molecule is COC(=O)c1nccc(NC2CCC(=O)N(C)C2=O)n1. The highest BCUT2D eigenvalue weighted by atomic mass is 16.5. The topological polar surface area (TPSA) is 101 Å². The van der Waals surface area contributed by atoms with E-state index in [1.54, 1.807) is 0 Å². The van der Waals surface area contributed by atoms with E-state index in [0.29, 0.717) is 12.2 Å². The maximum atomic E-state index is 11.9. The van der Waals surface area contributed by atoms with Crippen molar-refractivity contribution in [2.75, 3.05) is 19.5 Å². The second-order valence-corrected chi connectivity index (χ2v) is 4.28. The Balaban J connectivity index is 2.12. The van der Waals surface area contributed by atoms with Crippen molar-refractivity contribution in [1.82, 2.24) is 14.9 Å². The first-order chi connectivity index (χ1) is 9.52. The van der Waals surface area contributed by atoms with Gasteiger partial charge in [-0.25, -0.2) is 14.8 Å². The molecular formula is C12H14N4O4. The van der Waals surface area contributed by atoms with Gasteiger partial charge in [-0.05, 0) is 12.5 Å². The number of ether oxygens (including phenoxy) is 1. The van der Waals surface area contributed by atoms with E-state index in [0.717, 1.165) is 4.90 Å². The van der Waals surface area contributed by atoms with Gasteiger partial charge in [-0.15, -0.1) is 0 Å². The van der Waals surface area contributed by atoms with E-state index in [1.165, 1.54) is 26.4 Å². The van der Waals surface area contributed by atoms with Crippen LogP contribution in [0.15, 0.2) is 12.3 Å². The molecule has 1 aromatic heterocycles. The number of aromatic nitrogens is 2. The maximum Gasteiger partial charge on any atom is 0.376 e. The Hall–Kier alpha value is -2.51. The van der Waals surface area contributed by atoms with Gasteiger partial charge in [0.05, 0.1) is 7.11 Å². The Morgan fingerprint density at radius 2 is 2.25 bits per heavy atom. The highest BCUT2D eigenvalue weighted by Gasteiger charge is 2.31. The minimum Gasteiger partial charge on any atom is -0.463 e. The van der Waals surface area contributed by atoms with Gasteiger partial charge < -0.3 is 10.1 Å². The zero-order valence-corrected chi connectivity index (χ0v) is 11.1. The Kier molecular flexibility index (Phi) is 3.92. The molecule has 2 heterocycles. The zero-order chi connectivity index (χ0) is 14.7. The fraction of sp³-hybridized carbons (Fsp3) is 0.417. The van der Waals surface area contributed by atoms with Crippen molar-refractivity contribution < 1.29 is 19.1 Å². The number of nitrogens with zero attached hydrogens (tertiary/aromatic N) is 3. The summed E-state index contributed by atoms with van der Waals surface area (Å²) in [7, 11) is 2.68.